The van der Waals surface area contributed by atoms with Crippen LogP contribution in [0.4, 0.5) is 5.69 Å². The SMILES string of the molecule is O=C(Cc1ccc([N+](=O)[O-])cc1)N(Cc1ccco1)Cc1ccco1. The molecule has 7 heteroatoms. The predicted molar refractivity (Wildman–Crippen MR) is 88.5 cm³/mol. The van der Waals surface area contributed by atoms with E-state index >= 15 is 0 Å². The molecule has 1 aromatic carbocycles. The average molecular weight is 340 g/mol. The Morgan fingerprint density at radius 3 is 1.96 bits per heavy atom. The molecule has 2 aromatic heterocycles. The lowest BCUT2D eigenvalue weighted by Crippen LogP contribution is -2.31. The molecule has 0 saturated heterocycles. The van der Waals surface area contributed by atoms with Crippen LogP contribution in [0.5, 0.6) is 0 Å². The summed E-state index contributed by atoms with van der Waals surface area (Å²) >= 11 is 0. The van der Waals surface area contributed by atoms with Crippen LogP contribution in [-0.4, -0.2) is 15.7 Å². The highest BCUT2D eigenvalue weighted by Gasteiger charge is 2.18. The van der Waals surface area contributed by atoms with E-state index < -0.39 is 4.92 Å². The summed E-state index contributed by atoms with van der Waals surface area (Å²) in [6.07, 6.45) is 3.25. The van der Waals surface area contributed by atoms with E-state index in [0.717, 1.165) is 0 Å². The molecular weight excluding hydrogens is 324 g/mol. The van der Waals surface area contributed by atoms with Gasteiger partial charge in [-0.2, -0.15) is 0 Å². The summed E-state index contributed by atoms with van der Waals surface area (Å²) in [7, 11) is 0. The van der Waals surface area contributed by atoms with Crippen molar-refractivity contribution in [3.8, 4) is 0 Å². The molecule has 0 bridgehead atoms. The van der Waals surface area contributed by atoms with Gasteiger partial charge >= 0.3 is 0 Å². The number of hydrogen-bond acceptors (Lipinski definition) is 5. The van der Waals surface area contributed by atoms with Gasteiger partial charge in [0.15, 0.2) is 0 Å². The Morgan fingerprint density at radius 1 is 0.960 bits per heavy atom. The fourth-order valence-electron chi connectivity index (χ4n) is 2.44. The first-order valence-electron chi connectivity index (χ1n) is 7.67. The number of nitrogens with zero attached hydrogens (tertiary/aromatic N) is 2. The van der Waals surface area contributed by atoms with Crippen LogP contribution >= 0.6 is 0 Å². The van der Waals surface area contributed by atoms with Crippen LogP contribution in [0.25, 0.3) is 0 Å². The lowest BCUT2D eigenvalue weighted by Gasteiger charge is -2.20. The molecule has 2 heterocycles. The monoisotopic (exact) mass is 340 g/mol. The Bertz CT molecular complexity index is 787. The quantitative estimate of drug-likeness (QED) is 0.484. The van der Waals surface area contributed by atoms with Crippen LogP contribution in [0.3, 0.4) is 0 Å². The van der Waals surface area contributed by atoms with E-state index in [4.69, 9.17) is 8.83 Å². The van der Waals surface area contributed by atoms with Gasteiger partial charge in [0.05, 0.1) is 37.0 Å². The first-order chi connectivity index (χ1) is 12.1. The zero-order valence-corrected chi connectivity index (χ0v) is 13.3. The summed E-state index contributed by atoms with van der Waals surface area (Å²) in [6.45, 7) is 0.638. The summed E-state index contributed by atoms with van der Waals surface area (Å²) in [5, 5.41) is 10.7. The van der Waals surface area contributed by atoms with Crippen molar-refractivity contribution in [1.29, 1.82) is 0 Å². The van der Waals surface area contributed by atoms with Gasteiger partial charge in [0.25, 0.3) is 5.69 Å². The van der Waals surface area contributed by atoms with Gasteiger partial charge < -0.3 is 13.7 Å². The van der Waals surface area contributed by atoms with Crippen molar-refractivity contribution in [2.75, 3.05) is 0 Å². The number of nitro groups is 1. The number of furan rings is 2. The lowest BCUT2D eigenvalue weighted by atomic mass is 10.1. The summed E-state index contributed by atoms with van der Waals surface area (Å²) in [5.41, 5.74) is 0.707. The number of carbonyl (C=O) groups is 1. The van der Waals surface area contributed by atoms with Crippen molar-refractivity contribution in [3.05, 3.63) is 88.3 Å². The maximum absolute atomic E-state index is 12.7. The van der Waals surface area contributed by atoms with Gasteiger partial charge in [-0.1, -0.05) is 12.1 Å². The molecule has 3 rings (SSSR count). The van der Waals surface area contributed by atoms with Gasteiger partial charge in [-0.25, -0.2) is 0 Å². The van der Waals surface area contributed by atoms with Gasteiger partial charge in [0.2, 0.25) is 5.91 Å². The van der Waals surface area contributed by atoms with E-state index in [-0.39, 0.29) is 18.0 Å². The largest absolute Gasteiger partial charge is 0.467 e. The Morgan fingerprint density at radius 2 is 1.52 bits per heavy atom. The smallest absolute Gasteiger partial charge is 0.269 e. The third-order valence-corrected chi connectivity index (χ3v) is 3.71. The highest BCUT2D eigenvalue weighted by molar-refractivity contribution is 5.78. The molecule has 7 nitrogen and oxygen atoms in total. The number of amides is 1. The van der Waals surface area contributed by atoms with Gasteiger partial charge in [-0.05, 0) is 29.8 Å². The lowest BCUT2D eigenvalue weighted by molar-refractivity contribution is -0.384. The van der Waals surface area contributed by atoms with Crippen LogP contribution in [-0.2, 0) is 24.3 Å². The maximum Gasteiger partial charge on any atom is 0.269 e. The predicted octanol–water partition coefficient (Wildman–Crippen LogP) is 3.55. The van der Waals surface area contributed by atoms with E-state index in [9.17, 15) is 14.9 Å². The molecule has 0 spiro atoms. The first-order valence-corrected chi connectivity index (χ1v) is 7.67. The third kappa shape index (κ3) is 4.35. The zero-order valence-electron chi connectivity index (χ0n) is 13.3. The molecule has 0 unspecified atom stereocenters. The molecule has 25 heavy (non-hydrogen) atoms. The van der Waals surface area contributed by atoms with Crippen LogP contribution in [0.2, 0.25) is 0 Å². The highest BCUT2D eigenvalue weighted by Crippen LogP contribution is 2.16. The molecule has 0 N–H and O–H groups in total. The molecule has 0 aliphatic heterocycles. The number of carbonyl (C=O) groups excluding carboxylic acids is 1. The van der Waals surface area contributed by atoms with Crippen molar-refractivity contribution in [1.82, 2.24) is 4.90 Å². The molecule has 128 valence electrons. The van der Waals surface area contributed by atoms with Crippen LogP contribution in [0.1, 0.15) is 17.1 Å². The minimum absolute atomic E-state index is 0.000716. The van der Waals surface area contributed by atoms with Crippen LogP contribution < -0.4 is 0 Å². The summed E-state index contributed by atoms with van der Waals surface area (Å²) < 4.78 is 10.7. The molecule has 0 aliphatic carbocycles. The standard InChI is InChI=1S/C18H16N2O5/c21-18(11-14-5-7-15(8-6-14)20(22)23)19(12-16-3-1-9-24-16)13-17-4-2-10-25-17/h1-10H,11-13H2. The number of nitro benzene ring substituents is 1. The van der Waals surface area contributed by atoms with Gasteiger partial charge in [0, 0.05) is 12.1 Å². The minimum atomic E-state index is -0.467. The van der Waals surface area contributed by atoms with E-state index in [2.05, 4.69) is 0 Å². The summed E-state index contributed by atoms with van der Waals surface area (Å²) in [5.74, 6) is 1.22. The number of rotatable bonds is 7. The molecule has 0 saturated carbocycles. The van der Waals surface area contributed by atoms with Crippen LogP contribution in [0.15, 0.2) is 69.9 Å². The fraction of sp³-hybridized carbons (Fsp3) is 0.167. The fourth-order valence-corrected chi connectivity index (χ4v) is 2.44. The summed E-state index contributed by atoms with van der Waals surface area (Å²) in [4.78, 5) is 24.6. The normalized spacial score (nSPS) is 10.6. The molecule has 0 atom stereocenters. The topological polar surface area (TPSA) is 89.7 Å². The molecule has 1 amide bonds. The van der Waals surface area contributed by atoms with Crippen molar-refractivity contribution < 1.29 is 18.6 Å². The zero-order chi connectivity index (χ0) is 17.6. The third-order valence-electron chi connectivity index (χ3n) is 3.71. The van der Waals surface area contributed by atoms with E-state index in [1.54, 1.807) is 53.8 Å². The van der Waals surface area contributed by atoms with Crippen molar-refractivity contribution in [2.24, 2.45) is 0 Å². The second-order valence-electron chi connectivity index (χ2n) is 5.51. The highest BCUT2D eigenvalue weighted by atomic mass is 16.6. The molecule has 0 aliphatic rings. The Labute approximate surface area is 143 Å². The van der Waals surface area contributed by atoms with Crippen molar-refractivity contribution in [2.45, 2.75) is 19.5 Å². The van der Waals surface area contributed by atoms with Crippen molar-refractivity contribution >= 4 is 11.6 Å². The second-order valence-corrected chi connectivity index (χ2v) is 5.51. The maximum atomic E-state index is 12.7. The number of non-ortho nitro benzene ring substituents is 1. The Hall–Kier alpha value is -3.35. The number of hydrogen-bond donors (Lipinski definition) is 0. The Kier molecular flexibility index (Phi) is 4.94. The molecule has 3 aromatic rings. The van der Waals surface area contributed by atoms with E-state index in [1.165, 1.54) is 12.1 Å². The van der Waals surface area contributed by atoms with Gasteiger partial charge in [-0.3, -0.25) is 14.9 Å². The number of benzene rings is 1. The summed E-state index contributed by atoms with van der Waals surface area (Å²) in [6, 6.07) is 13.1. The Balaban J connectivity index is 1.72. The first kappa shape index (κ1) is 16.5. The van der Waals surface area contributed by atoms with E-state index in [1.807, 2.05) is 0 Å². The molecule has 0 radical (unpaired) electrons. The van der Waals surface area contributed by atoms with Gasteiger partial charge in [0.1, 0.15) is 11.5 Å². The van der Waals surface area contributed by atoms with E-state index in [0.29, 0.717) is 30.2 Å². The van der Waals surface area contributed by atoms with Gasteiger partial charge in [-0.15, -0.1) is 0 Å². The van der Waals surface area contributed by atoms with Crippen molar-refractivity contribution in [3.63, 3.8) is 0 Å². The second kappa shape index (κ2) is 7.48. The minimum Gasteiger partial charge on any atom is -0.467 e. The molecular formula is C18H16N2O5. The van der Waals surface area contributed by atoms with Crippen LogP contribution in [0, 0.1) is 10.1 Å². The average Bonchev–Trinajstić information content (AvgIpc) is 3.28. The molecule has 0 fully saturated rings.